The Balaban J connectivity index is 2.67. The van der Waals surface area contributed by atoms with Gasteiger partial charge in [-0.25, -0.2) is 0 Å². The van der Waals surface area contributed by atoms with Crippen molar-refractivity contribution in [3.63, 3.8) is 0 Å². The van der Waals surface area contributed by atoms with E-state index in [1.165, 1.54) is 32.1 Å². The van der Waals surface area contributed by atoms with Crippen LogP contribution in [0.3, 0.4) is 0 Å². The molecule has 1 aliphatic carbocycles. The average molecular weight is 332 g/mol. The Morgan fingerprint density at radius 2 is 1.63 bits per heavy atom. The summed E-state index contributed by atoms with van der Waals surface area (Å²) in [6, 6.07) is 0.426. The number of hydrogen-bond donors (Lipinski definition) is 0. The van der Waals surface area contributed by atoms with E-state index in [0.29, 0.717) is 17.9 Å². The predicted molar refractivity (Wildman–Crippen MR) is 85.7 cm³/mol. The molecule has 1 fully saturated rings. The van der Waals surface area contributed by atoms with Crippen LogP contribution in [0.15, 0.2) is 0 Å². The van der Waals surface area contributed by atoms with Crippen molar-refractivity contribution in [2.45, 2.75) is 77.7 Å². The normalized spacial score (nSPS) is 18.1. The molecule has 0 saturated heterocycles. The highest BCUT2D eigenvalue weighted by atomic mass is 79.9. The Hall–Kier alpha value is -0.0500. The lowest BCUT2D eigenvalue weighted by Crippen LogP contribution is -2.44. The second kappa shape index (κ2) is 9.79. The number of carbonyl (C=O) groups is 1. The van der Waals surface area contributed by atoms with Gasteiger partial charge in [-0.3, -0.25) is 4.79 Å². The third-order valence-corrected chi connectivity index (χ3v) is 4.80. The molecule has 0 aliphatic heterocycles. The fourth-order valence-electron chi connectivity index (χ4n) is 3.23. The van der Waals surface area contributed by atoms with Gasteiger partial charge in [-0.2, -0.15) is 0 Å². The van der Waals surface area contributed by atoms with Gasteiger partial charge < -0.3 is 4.90 Å². The molecule has 0 bridgehead atoms. The molecule has 0 aromatic heterocycles. The van der Waals surface area contributed by atoms with Gasteiger partial charge in [-0.05, 0) is 25.7 Å². The molecule has 0 radical (unpaired) electrons. The third-order valence-electron chi connectivity index (χ3n) is 4.45. The Morgan fingerprint density at radius 3 is 2.11 bits per heavy atom. The Labute approximate surface area is 127 Å². The molecule has 1 amide bonds. The number of alkyl halides is 1. The first-order valence-corrected chi connectivity index (χ1v) is 9.23. The number of amides is 1. The first-order valence-electron chi connectivity index (χ1n) is 8.11. The number of nitrogens with zero attached hydrogens (tertiary/aromatic N) is 1. The predicted octanol–water partition coefficient (Wildman–Crippen LogP) is 4.76. The standard InChI is InChI=1S/C16H30BrNO/c1-3-15(4-2)18(13-12-17)16(19)14-10-8-6-5-7-9-11-14/h14-15H,3-13H2,1-2H3. The highest BCUT2D eigenvalue weighted by molar-refractivity contribution is 9.09. The fourth-order valence-corrected chi connectivity index (χ4v) is 3.61. The molecular formula is C16H30BrNO. The van der Waals surface area contributed by atoms with Crippen molar-refractivity contribution < 1.29 is 4.79 Å². The first-order chi connectivity index (χ1) is 9.24. The van der Waals surface area contributed by atoms with Crippen LogP contribution in [0.25, 0.3) is 0 Å². The zero-order valence-electron chi connectivity index (χ0n) is 12.7. The molecule has 1 aliphatic rings. The van der Waals surface area contributed by atoms with Crippen LogP contribution in [0, 0.1) is 5.92 Å². The van der Waals surface area contributed by atoms with E-state index in [1.54, 1.807) is 0 Å². The summed E-state index contributed by atoms with van der Waals surface area (Å²) in [5, 5.41) is 0.891. The van der Waals surface area contributed by atoms with E-state index < -0.39 is 0 Å². The molecule has 0 unspecified atom stereocenters. The summed E-state index contributed by atoms with van der Waals surface area (Å²) in [6.45, 7) is 5.25. The molecule has 3 heteroatoms. The smallest absolute Gasteiger partial charge is 0.225 e. The molecule has 1 saturated carbocycles. The van der Waals surface area contributed by atoms with Gasteiger partial charge in [-0.1, -0.05) is 61.9 Å². The van der Waals surface area contributed by atoms with Gasteiger partial charge in [0, 0.05) is 23.8 Å². The molecule has 0 heterocycles. The lowest BCUT2D eigenvalue weighted by molar-refractivity contribution is -0.138. The van der Waals surface area contributed by atoms with Crippen LogP contribution in [0.5, 0.6) is 0 Å². The van der Waals surface area contributed by atoms with Crippen LogP contribution in [-0.2, 0) is 4.79 Å². The van der Waals surface area contributed by atoms with Crippen molar-refractivity contribution >= 4 is 21.8 Å². The van der Waals surface area contributed by atoms with Gasteiger partial charge in [0.2, 0.25) is 5.91 Å². The van der Waals surface area contributed by atoms with Crippen LogP contribution in [0.4, 0.5) is 0 Å². The highest BCUT2D eigenvalue weighted by Gasteiger charge is 2.27. The SMILES string of the molecule is CCC(CC)N(CCBr)C(=O)C1CCCCCCC1. The Morgan fingerprint density at radius 1 is 1.11 bits per heavy atom. The molecule has 19 heavy (non-hydrogen) atoms. The number of carbonyl (C=O) groups excluding carboxylic acids is 1. The third kappa shape index (κ3) is 5.45. The minimum absolute atomic E-state index is 0.292. The maximum Gasteiger partial charge on any atom is 0.225 e. The lowest BCUT2D eigenvalue weighted by atomic mass is 9.89. The van der Waals surface area contributed by atoms with Gasteiger partial charge in [0.15, 0.2) is 0 Å². The van der Waals surface area contributed by atoms with E-state index >= 15 is 0 Å². The van der Waals surface area contributed by atoms with Crippen LogP contribution in [0.2, 0.25) is 0 Å². The summed E-state index contributed by atoms with van der Waals surface area (Å²) in [6.07, 6.45) is 10.8. The quantitative estimate of drug-likeness (QED) is 0.642. The lowest BCUT2D eigenvalue weighted by Gasteiger charge is -2.34. The van der Waals surface area contributed by atoms with Crippen LogP contribution in [0.1, 0.15) is 71.6 Å². The summed E-state index contributed by atoms with van der Waals surface area (Å²) < 4.78 is 0. The van der Waals surface area contributed by atoms with Crippen molar-refractivity contribution in [2.75, 3.05) is 11.9 Å². The topological polar surface area (TPSA) is 20.3 Å². The maximum atomic E-state index is 12.8. The summed E-state index contributed by atoms with van der Waals surface area (Å²) >= 11 is 3.50. The van der Waals surface area contributed by atoms with E-state index in [4.69, 9.17) is 0 Å². The van der Waals surface area contributed by atoms with Crippen molar-refractivity contribution in [1.29, 1.82) is 0 Å². The Kier molecular flexibility index (Phi) is 8.76. The molecule has 0 atom stereocenters. The van der Waals surface area contributed by atoms with Crippen LogP contribution < -0.4 is 0 Å². The average Bonchev–Trinajstić information content (AvgIpc) is 2.38. The molecule has 1 rings (SSSR count). The van der Waals surface area contributed by atoms with Crippen molar-refractivity contribution in [1.82, 2.24) is 4.90 Å². The first kappa shape index (κ1) is 17.0. The number of rotatable bonds is 6. The van der Waals surface area contributed by atoms with Crippen molar-refractivity contribution in [3.8, 4) is 0 Å². The van der Waals surface area contributed by atoms with Crippen molar-refractivity contribution in [2.24, 2.45) is 5.92 Å². The van der Waals surface area contributed by atoms with Gasteiger partial charge in [0.25, 0.3) is 0 Å². The van der Waals surface area contributed by atoms with Gasteiger partial charge in [-0.15, -0.1) is 0 Å². The largest absolute Gasteiger partial charge is 0.339 e. The second-order valence-corrected chi connectivity index (χ2v) is 6.53. The fraction of sp³-hybridized carbons (Fsp3) is 0.938. The molecule has 0 spiro atoms. The van der Waals surface area contributed by atoms with E-state index in [9.17, 15) is 4.79 Å². The molecular weight excluding hydrogens is 302 g/mol. The number of hydrogen-bond acceptors (Lipinski definition) is 1. The zero-order valence-corrected chi connectivity index (χ0v) is 14.3. The van der Waals surface area contributed by atoms with E-state index in [2.05, 4.69) is 34.7 Å². The second-order valence-electron chi connectivity index (χ2n) is 5.73. The maximum absolute atomic E-state index is 12.8. The number of halogens is 1. The van der Waals surface area contributed by atoms with E-state index in [1.807, 2.05) is 0 Å². The minimum Gasteiger partial charge on any atom is -0.339 e. The summed E-state index contributed by atoms with van der Waals surface area (Å²) in [5.41, 5.74) is 0. The van der Waals surface area contributed by atoms with Gasteiger partial charge >= 0.3 is 0 Å². The summed E-state index contributed by atoms with van der Waals surface area (Å²) in [4.78, 5) is 15.0. The van der Waals surface area contributed by atoms with Gasteiger partial charge in [0.05, 0.1) is 0 Å². The monoisotopic (exact) mass is 331 g/mol. The summed E-state index contributed by atoms with van der Waals surface area (Å²) in [7, 11) is 0. The minimum atomic E-state index is 0.292. The van der Waals surface area contributed by atoms with Crippen LogP contribution >= 0.6 is 15.9 Å². The highest BCUT2D eigenvalue weighted by Crippen LogP contribution is 2.25. The molecule has 0 N–H and O–H groups in total. The van der Waals surface area contributed by atoms with Gasteiger partial charge in [0.1, 0.15) is 0 Å². The zero-order chi connectivity index (χ0) is 14.1. The van der Waals surface area contributed by atoms with E-state index in [0.717, 1.165) is 37.6 Å². The van der Waals surface area contributed by atoms with Crippen LogP contribution in [-0.4, -0.2) is 28.7 Å². The Bertz CT molecular complexity index is 245. The summed E-state index contributed by atoms with van der Waals surface area (Å²) in [5.74, 6) is 0.718. The molecule has 0 aromatic carbocycles. The molecule has 2 nitrogen and oxygen atoms in total. The molecule has 112 valence electrons. The van der Waals surface area contributed by atoms with Crippen molar-refractivity contribution in [3.05, 3.63) is 0 Å². The molecule has 0 aromatic rings. The van der Waals surface area contributed by atoms with E-state index in [-0.39, 0.29) is 0 Å².